The molecule has 0 fully saturated rings. The van der Waals surface area contributed by atoms with Crippen molar-refractivity contribution in [3.05, 3.63) is 351 Å². The van der Waals surface area contributed by atoms with Crippen molar-refractivity contribution in [2.24, 2.45) is 0 Å². The Balaban J connectivity index is 0.000000153. The number of hydrogen-bond donors (Lipinski definition) is 0. The molecule has 12 aromatic carbocycles. The molecule has 12 aromatic rings. The van der Waals surface area contributed by atoms with Gasteiger partial charge in [0.25, 0.3) is 0 Å². The number of benzene rings is 12. The van der Waals surface area contributed by atoms with E-state index in [1.807, 2.05) is 218 Å². The fourth-order valence-electron chi connectivity index (χ4n) is 9.73. The molecule has 0 N–H and O–H groups in total. The van der Waals surface area contributed by atoms with E-state index in [4.69, 9.17) is 139 Å². The Bertz CT molecular complexity index is 3330. The summed E-state index contributed by atoms with van der Waals surface area (Å²) in [7, 11) is -4.79. The molecule has 0 bridgehead atoms. The van der Waals surface area contributed by atoms with Crippen molar-refractivity contribution in [2.75, 3.05) is 0 Å². The maximum atomic E-state index is 6.19. The third-order valence-corrected chi connectivity index (χ3v) is 26.8. The minimum absolute atomic E-state index is 0. The summed E-state index contributed by atoms with van der Waals surface area (Å²) in [6.07, 6.45) is 0. The van der Waals surface area contributed by atoms with Crippen LogP contribution in [0.15, 0.2) is 291 Å². The summed E-state index contributed by atoms with van der Waals surface area (Å²) in [4.78, 5) is 0. The first kappa shape index (κ1) is 71.4. The van der Waals surface area contributed by atoms with Crippen molar-refractivity contribution in [2.45, 2.75) is 0 Å². The van der Waals surface area contributed by atoms with E-state index in [1.165, 1.54) is 63.7 Å². The van der Waals surface area contributed by atoms with Crippen LogP contribution in [0.1, 0.15) is 0 Å². The van der Waals surface area contributed by atoms with Gasteiger partial charge in [-0.25, -0.2) is 0 Å². The molecule has 0 amide bonds. The van der Waals surface area contributed by atoms with E-state index in [1.54, 1.807) is 0 Å². The molecule has 0 heterocycles. The standard InChI is InChI=1S/4C18H12Cl3P.Pd/c4*19-13-4-1-7-16(10-13)22(17-8-2-5-14(20)11-17)18-9-3-6-15(21)12-18;/h4*1-12H;/p+4. The van der Waals surface area contributed by atoms with Gasteiger partial charge in [0.2, 0.25) is 0 Å². The molecule has 0 aliphatic heterocycles. The van der Waals surface area contributed by atoms with E-state index in [0.29, 0.717) is 0 Å². The molecule has 89 heavy (non-hydrogen) atoms. The minimum Gasteiger partial charge on any atom is -0.0842 e. The van der Waals surface area contributed by atoms with E-state index >= 15 is 0 Å². The Morgan fingerprint density at radius 1 is 0.135 bits per heavy atom. The molecule has 17 heteroatoms. The maximum absolute atomic E-state index is 6.19. The third-order valence-electron chi connectivity index (χ3n) is 13.4. The number of hydrogen-bond acceptors (Lipinski definition) is 0. The number of halogens is 12. The van der Waals surface area contributed by atoms with Crippen molar-refractivity contribution < 1.29 is 20.4 Å². The van der Waals surface area contributed by atoms with Crippen LogP contribution in [0.3, 0.4) is 0 Å². The van der Waals surface area contributed by atoms with Gasteiger partial charge in [-0.1, -0.05) is 212 Å². The summed E-state index contributed by atoms with van der Waals surface area (Å²) >= 11 is 74.3. The van der Waals surface area contributed by atoms with Crippen LogP contribution in [-0.4, -0.2) is 0 Å². The van der Waals surface area contributed by atoms with Crippen molar-refractivity contribution in [3.8, 4) is 0 Å². The summed E-state index contributed by atoms with van der Waals surface area (Å²) in [5.74, 6) is 0. The zero-order valence-corrected chi connectivity index (χ0v) is 61.2. The smallest absolute Gasteiger partial charge is 0.0842 e. The van der Waals surface area contributed by atoms with E-state index in [2.05, 4.69) is 72.8 Å². The van der Waals surface area contributed by atoms with Gasteiger partial charge in [-0.2, -0.15) is 0 Å². The van der Waals surface area contributed by atoms with Crippen LogP contribution in [0.25, 0.3) is 0 Å². The van der Waals surface area contributed by atoms with Crippen LogP contribution < -0.4 is 63.7 Å². The zero-order valence-electron chi connectivity index (χ0n) is 46.6. The van der Waals surface area contributed by atoms with E-state index < -0.39 is 31.7 Å². The normalized spacial score (nSPS) is 10.8. The van der Waals surface area contributed by atoms with Crippen LogP contribution in [0.2, 0.25) is 60.3 Å². The van der Waals surface area contributed by atoms with Gasteiger partial charge < -0.3 is 0 Å². The Kier molecular flexibility index (Phi) is 28.6. The van der Waals surface area contributed by atoms with Crippen molar-refractivity contribution in [1.82, 2.24) is 0 Å². The second-order valence-corrected chi connectivity index (χ2v) is 34.8. The van der Waals surface area contributed by atoms with Crippen molar-refractivity contribution in [1.29, 1.82) is 0 Å². The second-order valence-electron chi connectivity index (χ2n) is 19.6. The van der Waals surface area contributed by atoms with E-state index in [9.17, 15) is 0 Å². The molecule has 0 saturated heterocycles. The Morgan fingerprint density at radius 3 is 0.281 bits per heavy atom. The molecule has 0 unspecified atom stereocenters. The molecule has 0 aliphatic carbocycles. The first-order valence-electron chi connectivity index (χ1n) is 27.1. The van der Waals surface area contributed by atoms with Gasteiger partial charge in [0, 0.05) is 80.7 Å². The Hall–Kier alpha value is -3.50. The summed E-state index contributed by atoms with van der Waals surface area (Å²) in [6, 6.07) is 96.1. The van der Waals surface area contributed by atoms with Crippen LogP contribution in [-0.2, 0) is 20.4 Å². The van der Waals surface area contributed by atoms with Crippen molar-refractivity contribution >= 4 is 235 Å². The average molecular weight is 1570 g/mol. The summed E-state index contributed by atoms with van der Waals surface area (Å²) < 4.78 is 0. The first-order valence-corrected chi connectivity index (χ1v) is 37.7. The summed E-state index contributed by atoms with van der Waals surface area (Å²) in [6.45, 7) is 0. The first-order chi connectivity index (χ1) is 42.5. The molecule has 12 rings (SSSR count). The van der Waals surface area contributed by atoms with Crippen LogP contribution in [0.4, 0.5) is 0 Å². The van der Waals surface area contributed by atoms with Gasteiger partial charge >= 0.3 is 0 Å². The predicted molar refractivity (Wildman–Crippen MR) is 406 cm³/mol. The Morgan fingerprint density at radius 2 is 0.213 bits per heavy atom. The topological polar surface area (TPSA) is 0 Å². The molecule has 0 nitrogen and oxygen atoms in total. The Labute approximate surface area is 599 Å². The summed E-state index contributed by atoms with van der Waals surface area (Å²) in [5.41, 5.74) is 0. The molecule has 0 saturated carbocycles. The predicted octanol–water partition coefficient (Wildman–Crippen LogP) is 20.5. The zero-order chi connectivity index (χ0) is 62.1. The van der Waals surface area contributed by atoms with Crippen molar-refractivity contribution in [3.63, 3.8) is 0 Å². The molecule has 0 aromatic heterocycles. The molecule has 450 valence electrons. The maximum Gasteiger partial charge on any atom is 0.103 e. The van der Waals surface area contributed by atoms with Gasteiger partial charge in [0.1, 0.15) is 63.7 Å². The van der Waals surface area contributed by atoms with E-state index in [-0.39, 0.29) is 20.4 Å². The monoisotopic (exact) mass is 1570 g/mol. The quantitative estimate of drug-likeness (QED) is 0.0845. The molecule has 0 atom stereocenters. The summed E-state index contributed by atoms with van der Waals surface area (Å²) in [5, 5.41) is 23.4. The molecule has 0 aliphatic rings. The largest absolute Gasteiger partial charge is 0.103 e. The van der Waals surface area contributed by atoms with Gasteiger partial charge in [-0.05, 0) is 218 Å². The van der Waals surface area contributed by atoms with Crippen LogP contribution >= 0.6 is 171 Å². The number of rotatable bonds is 12. The van der Waals surface area contributed by atoms with Crippen LogP contribution in [0, 0.1) is 0 Å². The SMILES string of the molecule is Clc1cccc([PH+](c2cccc(Cl)c2)c2cccc(Cl)c2)c1.Clc1cccc([PH+](c2cccc(Cl)c2)c2cccc(Cl)c2)c1.Clc1cccc([PH+](c2cccc(Cl)c2)c2cccc(Cl)c2)c1.Clc1cccc([PH+](c2cccc(Cl)c2)c2cccc(Cl)c2)c1.[Pd]. The molecular formula is C72H52Cl12P4Pd+4. The second kappa shape index (κ2) is 35.7. The third kappa shape index (κ3) is 21.3. The van der Waals surface area contributed by atoms with Gasteiger partial charge in [0.05, 0.1) is 31.7 Å². The van der Waals surface area contributed by atoms with Gasteiger partial charge in [-0.15, -0.1) is 0 Å². The fourth-order valence-corrected chi connectivity index (χ4v) is 23.9. The van der Waals surface area contributed by atoms with Gasteiger partial charge in [-0.3, -0.25) is 0 Å². The molecule has 0 radical (unpaired) electrons. The minimum atomic E-state index is -1.20. The molecule has 0 spiro atoms. The van der Waals surface area contributed by atoms with E-state index in [0.717, 1.165) is 60.3 Å². The fraction of sp³-hybridized carbons (Fsp3) is 0. The van der Waals surface area contributed by atoms with Crippen LogP contribution in [0.5, 0.6) is 0 Å². The molecular weight excluding hydrogens is 1520 g/mol. The average Bonchev–Trinajstić information content (AvgIpc) is 2.34. The van der Waals surface area contributed by atoms with Gasteiger partial charge in [0.15, 0.2) is 0 Å².